The molecule has 150 valence electrons. The number of halogens is 4. The average Bonchev–Trinajstić information content (AvgIpc) is 3.02. The minimum absolute atomic E-state index is 0.0585. The summed E-state index contributed by atoms with van der Waals surface area (Å²) >= 11 is 0. The summed E-state index contributed by atoms with van der Waals surface area (Å²) < 4.78 is 54.3. The van der Waals surface area contributed by atoms with E-state index in [-0.39, 0.29) is 18.0 Å². The summed E-state index contributed by atoms with van der Waals surface area (Å²) in [5.41, 5.74) is 1.51. The number of carbonyl (C=O) groups excluding carboxylic acids is 1. The number of amides is 1. The Bertz CT molecular complexity index is 857. The molecule has 0 unspecified atom stereocenters. The third-order valence-corrected chi connectivity index (χ3v) is 4.42. The van der Waals surface area contributed by atoms with E-state index >= 15 is 0 Å². The number of alkyl halides is 3. The lowest BCUT2D eigenvalue weighted by Gasteiger charge is -2.16. The lowest BCUT2D eigenvalue weighted by Crippen LogP contribution is -2.31. The van der Waals surface area contributed by atoms with Crippen LogP contribution in [-0.2, 0) is 4.79 Å². The molecule has 1 saturated carbocycles. The van der Waals surface area contributed by atoms with Crippen LogP contribution < -0.4 is 15.4 Å². The molecule has 0 bridgehead atoms. The maximum absolute atomic E-state index is 13.9. The van der Waals surface area contributed by atoms with E-state index in [0.717, 1.165) is 37.1 Å². The number of hydrogen-bond donors (Lipinski definition) is 2. The fourth-order valence-corrected chi connectivity index (χ4v) is 3.31. The summed E-state index contributed by atoms with van der Waals surface area (Å²) in [5, 5.41) is 6.25. The maximum Gasteiger partial charge on any atom is 0.573 e. The van der Waals surface area contributed by atoms with Crippen molar-refractivity contribution in [2.45, 2.75) is 44.6 Å². The number of hydrogen-bond acceptors (Lipinski definition) is 4. The molecule has 1 aliphatic carbocycles. The Hall–Kier alpha value is -2.84. The number of anilines is 1. The van der Waals surface area contributed by atoms with Crippen molar-refractivity contribution in [1.29, 1.82) is 0 Å². The predicted molar refractivity (Wildman–Crippen MR) is 95.2 cm³/mol. The molecule has 1 aromatic heterocycles. The Balaban J connectivity index is 1.70. The fourth-order valence-electron chi connectivity index (χ4n) is 3.31. The molecule has 2 aromatic rings. The number of nitrogens with zero attached hydrogens (tertiary/aromatic N) is 1. The van der Waals surface area contributed by atoms with Gasteiger partial charge in [-0.15, -0.1) is 13.2 Å². The van der Waals surface area contributed by atoms with Gasteiger partial charge in [0.05, 0.1) is 5.69 Å². The van der Waals surface area contributed by atoms with Crippen molar-refractivity contribution in [3.05, 3.63) is 42.3 Å². The molecule has 1 aromatic carbocycles. The summed E-state index contributed by atoms with van der Waals surface area (Å²) in [6.45, 7) is 1.49. The van der Waals surface area contributed by atoms with Crippen molar-refractivity contribution in [2.75, 3.05) is 5.32 Å². The molecular weight excluding hydrogens is 378 g/mol. The van der Waals surface area contributed by atoms with Gasteiger partial charge in [0, 0.05) is 36.5 Å². The Morgan fingerprint density at radius 2 is 1.93 bits per heavy atom. The van der Waals surface area contributed by atoms with Crippen LogP contribution in [0.5, 0.6) is 5.75 Å². The highest BCUT2D eigenvalue weighted by Gasteiger charge is 2.32. The van der Waals surface area contributed by atoms with Crippen LogP contribution in [0.1, 0.15) is 26.2 Å². The van der Waals surface area contributed by atoms with Gasteiger partial charge in [-0.1, -0.05) is 0 Å². The molecule has 1 amide bonds. The minimum Gasteiger partial charge on any atom is -0.403 e. The number of carbonyl (C=O) groups is 1. The first-order valence-corrected chi connectivity index (χ1v) is 8.75. The van der Waals surface area contributed by atoms with Crippen LogP contribution in [0.25, 0.3) is 11.3 Å². The Morgan fingerprint density at radius 1 is 1.18 bits per heavy atom. The second-order valence-electron chi connectivity index (χ2n) is 6.67. The second kappa shape index (κ2) is 8.04. The number of benzene rings is 1. The summed E-state index contributed by atoms with van der Waals surface area (Å²) in [6, 6.07) is 6.96. The van der Waals surface area contributed by atoms with E-state index in [4.69, 9.17) is 0 Å². The highest BCUT2D eigenvalue weighted by Crippen LogP contribution is 2.30. The molecule has 2 N–H and O–H groups in total. The highest BCUT2D eigenvalue weighted by atomic mass is 19.4. The van der Waals surface area contributed by atoms with Crippen molar-refractivity contribution >= 4 is 11.6 Å². The SMILES string of the molecule is CC(=O)N[C@H]1CC[C@H](Nc2ccnc(-c3ccc(OC(F)(F)F)c(F)c3)c2)C1. The van der Waals surface area contributed by atoms with Crippen LogP contribution in [0.15, 0.2) is 36.5 Å². The first-order valence-electron chi connectivity index (χ1n) is 8.75. The molecule has 0 radical (unpaired) electrons. The van der Waals surface area contributed by atoms with E-state index < -0.39 is 17.9 Å². The zero-order chi connectivity index (χ0) is 20.3. The summed E-state index contributed by atoms with van der Waals surface area (Å²) in [5.74, 6) is -2.07. The molecule has 2 atom stereocenters. The molecule has 0 aliphatic heterocycles. The quantitative estimate of drug-likeness (QED) is 0.741. The lowest BCUT2D eigenvalue weighted by atomic mass is 10.1. The first kappa shape index (κ1) is 19.9. The van der Waals surface area contributed by atoms with Crippen molar-refractivity contribution in [2.24, 2.45) is 0 Å². The zero-order valence-corrected chi connectivity index (χ0v) is 15.0. The smallest absolute Gasteiger partial charge is 0.403 e. The van der Waals surface area contributed by atoms with Crippen LogP contribution in [0.3, 0.4) is 0 Å². The first-order chi connectivity index (χ1) is 13.2. The van der Waals surface area contributed by atoms with Crippen LogP contribution in [0.2, 0.25) is 0 Å². The van der Waals surface area contributed by atoms with Gasteiger partial charge in [-0.2, -0.15) is 0 Å². The van der Waals surface area contributed by atoms with Gasteiger partial charge in [0.25, 0.3) is 0 Å². The largest absolute Gasteiger partial charge is 0.573 e. The standard InChI is InChI=1S/C19H19F4N3O2/c1-11(27)25-13-3-4-14(9-13)26-15-6-7-24-17(10-15)12-2-5-18(16(20)8-12)28-19(21,22)23/h2,5-8,10,13-14H,3-4,9H2,1H3,(H,24,26)(H,25,27)/t13-,14-/m0/s1. The monoisotopic (exact) mass is 397 g/mol. The van der Waals surface area contributed by atoms with Gasteiger partial charge in [0.15, 0.2) is 11.6 Å². The third-order valence-electron chi connectivity index (χ3n) is 4.42. The summed E-state index contributed by atoms with van der Waals surface area (Å²) in [7, 11) is 0. The third kappa shape index (κ3) is 5.34. The lowest BCUT2D eigenvalue weighted by molar-refractivity contribution is -0.275. The number of rotatable bonds is 5. The average molecular weight is 397 g/mol. The molecular formula is C19H19F4N3O2. The fraction of sp³-hybridized carbons (Fsp3) is 0.368. The van der Waals surface area contributed by atoms with E-state index in [1.807, 2.05) is 0 Å². The maximum atomic E-state index is 13.9. The Labute approximate surface area is 159 Å². The predicted octanol–water partition coefficient (Wildman–Crippen LogP) is 4.26. The molecule has 28 heavy (non-hydrogen) atoms. The highest BCUT2D eigenvalue weighted by molar-refractivity contribution is 5.73. The van der Waals surface area contributed by atoms with Crippen LogP contribution >= 0.6 is 0 Å². The number of ether oxygens (including phenoxy) is 1. The Morgan fingerprint density at radius 3 is 2.61 bits per heavy atom. The summed E-state index contributed by atoms with van der Waals surface area (Å²) in [6.07, 6.45) is -0.867. The molecule has 5 nitrogen and oxygen atoms in total. The van der Waals surface area contributed by atoms with E-state index in [9.17, 15) is 22.4 Å². The van der Waals surface area contributed by atoms with Crippen molar-refractivity contribution in [3.63, 3.8) is 0 Å². The molecule has 1 aliphatic rings. The topological polar surface area (TPSA) is 63.2 Å². The van der Waals surface area contributed by atoms with Crippen LogP contribution in [0, 0.1) is 5.82 Å². The number of aromatic nitrogens is 1. The number of nitrogens with one attached hydrogen (secondary N) is 2. The van der Waals surface area contributed by atoms with Gasteiger partial charge in [-0.3, -0.25) is 9.78 Å². The molecule has 3 rings (SSSR count). The molecule has 0 saturated heterocycles. The van der Waals surface area contributed by atoms with E-state index in [1.54, 1.807) is 12.1 Å². The normalized spacial score (nSPS) is 19.3. The van der Waals surface area contributed by atoms with Crippen LogP contribution in [-0.4, -0.2) is 29.3 Å². The second-order valence-corrected chi connectivity index (χ2v) is 6.67. The Kier molecular flexibility index (Phi) is 5.71. The van der Waals surface area contributed by atoms with Crippen molar-refractivity contribution in [1.82, 2.24) is 10.3 Å². The minimum atomic E-state index is -4.96. The van der Waals surface area contributed by atoms with Gasteiger partial charge in [-0.05, 0) is 49.6 Å². The van der Waals surface area contributed by atoms with Crippen LogP contribution in [0.4, 0.5) is 23.2 Å². The zero-order valence-electron chi connectivity index (χ0n) is 15.0. The van der Waals surface area contributed by atoms with Gasteiger partial charge in [0.1, 0.15) is 0 Å². The van der Waals surface area contributed by atoms with E-state index in [1.165, 1.54) is 19.2 Å². The molecule has 9 heteroatoms. The summed E-state index contributed by atoms with van der Waals surface area (Å²) in [4.78, 5) is 15.3. The van der Waals surface area contributed by atoms with Gasteiger partial charge in [0.2, 0.25) is 5.91 Å². The van der Waals surface area contributed by atoms with Gasteiger partial charge < -0.3 is 15.4 Å². The number of pyridine rings is 1. The van der Waals surface area contributed by atoms with Gasteiger partial charge in [-0.25, -0.2) is 4.39 Å². The molecule has 1 fully saturated rings. The van der Waals surface area contributed by atoms with Crippen molar-refractivity contribution in [3.8, 4) is 17.0 Å². The van der Waals surface area contributed by atoms with E-state index in [0.29, 0.717) is 11.3 Å². The van der Waals surface area contributed by atoms with Crippen molar-refractivity contribution < 1.29 is 27.1 Å². The van der Waals surface area contributed by atoms with E-state index in [2.05, 4.69) is 20.4 Å². The molecule has 0 spiro atoms. The molecule has 1 heterocycles. The van der Waals surface area contributed by atoms with Gasteiger partial charge >= 0.3 is 6.36 Å².